The van der Waals surface area contributed by atoms with Crippen LogP contribution < -0.4 is 0 Å². The van der Waals surface area contributed by atoms with E-state index in [-0.39, 0.29) is 12.6 Å². The monoisotopic (exact) mass is 114 g/mol. The lowest BCUT2D eigenvalue weighted by molar-refractivity contribution is -0.130. The summed E-state index contributed by atoms with van der Waals surface area (Å²) in [5.74, 6) is -0.0984. The van der Waals surface area contributed by atoms with E-state index in [1.54, 1.807) is 0 Å². The van der Waals surface area contributed by atoms with Crippen molar-refractivity contribution in [3.63, 3.8) is 0 Å². The van der Waals surface area contributed by atoms with Crippen molar-refractivity contribution in [1.82, 2.24) is 5.01 Å². The van der Waals surface area contributed by atoms with Gasteiger partial charge in [0.05, 0.1) is 0 Å². The Labute approximate surface area is 46.7 Å². The van der Waals surface area contributed by atoms with Gasteiger partial charge in [0.2, 0.25) is 5.91 Å². The second-order valence-corrected chi connectivity index (χ2v) is 1.44. The molecule has 4 heteroatoms. The Kier molecular flexibility index (Phi) is 1.15. The minimum absolute atomic E-state index is 0.0984. The highest BCUT2D eigenvalue weighted by molar-refractivity contribution is 5.74. The fourth-order valence-electron chi connectivity index (χ4n) is 0.400. The molecule has 44 valence electrons. The van der Waals surface area contributed by atoms with Crippen LogP contribution in [0.4, 0.5) is 0 Å². The largest absolute Gasteiger partial charge is 0.459 e. The van der Waals surface area contributed by atoms with E-state index in [0.717, 1.165) is 0 Å². The predicted octanol–water partition coefficient (Wildman–Crippen LogP) is -0.234. The van der Waals surface area contributed by atoms with Gasteiger partial charge in [0.15, 0.2) is 13.1 Å². The van der Waals surface area contributed by atoms with E-state index in [9.17, 15) is 4.79 Å². The molecular formula is C4H6N2O2. The van der Waals surface area contributed by atoms with Gasteiger partial charge in [-0.2, -0.15) is 5.01 Å². The number of rotatable bonds is 0. The summed E-state index contributed by atoms with van der Waals surface area (Å²) in [7, 11) is 0. The first kappa shape index (κ1) is 5.08. The molecule has 1 rings (SSSR count). The number of hydrogen-bond acceptors (Lipinski definition) is 3. The van der Waals surface area contributed by atoms with Crippen molar-refractivity contribution in [2.24, 2.45) is 5.10 Å². The molecule has 0 fully saturated rings. The Bertz CT molecular complexity index is 132. The summed E-state index contributed by atoms with van der Waals surface area (Å²) >= 11 is 0. The van der Waals surface area contributed by atoms with Crippen molar-refractivity contribution in [2.45, 2.75) is 6.92 Å². The number of carbonyl (C=O) groups excluding carboxylic acids is 1. The van der Waals surface area contributed by atoms with Gasteiger partial charge in [-0.1, -0.05) is 0 Å². The van der Waals surface area contributed by atoms with Gasteiger partial charge < -0.3 is 4.74 Å². The maximum Gasteiger partial charge on any atom is 0.242 e. The van der Waals surface area contributed by atoms with Crippen LogP contribution in [0.15, 0.2) is 5.10 Å². The summed E-state index contributed by atoms with van der Waals surface area (Å²) < 4.78 is 4.63. The SMILES string of the molecule is CC(=O)N1COC=N1. The van der Waals surface area contributed by atoms with E-state index >= 15 is 0 Å². The molecule has 0 aromatic heterocycles. The molecular weight excluding hydrogens is 108 g/mol. The molecule has 1 amide bonds. The fraction of sp³-hybridized carbons (Fsp3) is 0.500. The second-order valence-electron chi connectivity index (χ2n) is 1.44. The molecule has 1 aliphatic rings. The Balaban J connectivity index is 2.48. The quantitative estimate of drug-likeness (QED) is 0.436. The maximum atomic E-state index is 10.4. The van der Waals surface area contributed by atoms with Crippen molar-refractivity contribution in [2.75, 3.05) is 6.73 Å². The van der Waals surface area contributed by atoms with Gasteiger partial charge in [-0.3, -0.25) is 4.79 Å². The van der Waals surface area contributed by atoms with E-state index in [1.807, 2.05) is 0 Å². The van der Waals surface area contributed by atoms with Crippen molar-refractivity contribution in [3.8, 4) is 0 Å². The van der Waals surface area contributed by atoms with Crippen molar-refractivity contribution < 1.29 is 9.53 Å². The second kappa shape index (κ2) is 1.81. The average Bonchev–Trinajstić information content (AvgIpc) is 2.12. The summed E-state index contributed by atoms with van der Waals surface area (Å²) in [6.07, 6.45) is 1.25. The van der Waals surface area contributed by atoms with Crippen molar-refractivity contribution in [3.05, 3.63) is 0 Å². The molecule has 0 saturated carbocycles. The Morgan fingerprint density at radius 2 is 2.75 bits per heavy atom. The summed E-state index contributed by atoms with van der Waals surface area (Å²) in [5.41, 5.74) is 0. The van der Waals surface area contributed by atoms with Gasteiger partial charge >= 0.3 is 0 Å². The first-order valence-corrected chi connectivity index (χ1v) is 2.23. The molecule has 0 aromatic carbocycles. The minimum Gasteiger partial charge on any atom is -0.459 e. The molecule has 8 heavy (non-hydrogen) atoms. The lowest BCUT2D eigenvalue weighted by atomic mass is 10.7. The Morgan fingerprint density at radius 1 is 2.00 bits per heavy atom. The third kappa shape index (κ3) is 0.776. The molecule has 1 aliphatic heterocycles. The molecule has 0 aliphatic carbocycles. The molecule has 0 aromatic rings. The summed E-state index contributed by atoms with van der Waals surface area (Å²) in [6.45, 7) is 1.70. The lowest BCUT2D eigenvalue weighted by Gasteiger charge is -2.03. The first-order valence-electron chi connectivity index (χ1n) is 2.23. The number of hydrazone groups is 1. The van der Waals surface area contributed by atoms with Gasteiger partial charge in [-0.15, -0.1) is 5.10 Å². The van der Waals surface area contributed by atoms with E-state index in [1.165, 1.54) is 18.3 Å². The van der Waals surface area contributed by atoms with E-state index < -0.39 is 0 Å². The van der Waals surface area contributed by atoms with Gasteiger partial charge in [-0.05, 0) is 0 Å². The summed E-state index contributed by atoms with van der Waals surface area (Å²) in [5, 5.41) is 4.81. The van der Waals surface area contributed by atoms with Crippen LogP contribution >= 0.6 is 0 Å². The predicted molar refractivity (Wildman–Crippen MR) is 27.0 cm³/mol. The molecule has 0 bridgehead atoms. The molecule has 0 saturated heterocycles. The van der Waals surface area contributed by atoms with Gasteiger partial charge in [0, 0.05) is 6.92 Å². The zero-order valence-electron chi connectivity index (χ0n) is 4.50. The smallest absolute Gasteiger partial charge is 0.242 e. The standard InChI is InChI=1S/C4H6N2O2/c1-4(7)6-3-8-2-5-6/h2H,3H2,1H3. The highest BCUT2D eigenvalue weighted by atomic mass is 16.5. The van der Waals surface area contributed by atoms with Crippen LogP contribution in [0, 0.1) is 0 Å². The molecule has 0 unspecified atom stereocenters. The lowest BCUT2D eigenvalue weighted by Crippen LogP contribution is -2.20. The zero-order chi connectivity index (χ0) is 5.98. The molecule has 0 N–H and O–H groups in total. The van der Waals surface area contributed by atoms with Crippen LogP contribution in [0.25, 0.3) is 0 Å². The van der Waals surface area contributed by atoms with Gasteiger partial charge in [0.1, 0.15) is 0 Å². The number of amides is 1. The highest BCUT2D eigenvalue weighted by Crippen LogP contribution is 1.95. The molecule has 0 atom stereocenters. The minimum atomic E-state index is -0.0984. The fourth-order valence-corrected chi connectivity index (χ4v) is 0.400. The van der Waals surface area contributed by atoms with E-state index in [4.69, 9.17) is 0 Å². The molecule has 0 spiro atoms. The van der Waals surface area contributed by atoms with E-state index in [0.29, 0.717) is 0 Å². The normalized spacial score (nSPS) is 16.4. The molecule has 0 radical (unpaired) electrons. The molecule has 4 nitrogen and oxygen atoms in total. The molecule has 1 heterocycles. The van der Waals surface area contributed by atoms with Crippen LogP contribution in [0.3, 0.4) is 0 Å². The third-order valence-electron chi connectivity index (χ3n) is 0.821. The van der Waals surface area contributed by atoms with Gasteiger partial charge in [0.25, 0.3) is 0 Å². The van der Waals surface area contributed by atoms with E-state index in [2.05, 4.69) is 9.84 Å². The number of ether oxygens (including phenoxy) is 1. The van der Waals surface area contributed by atoms with Crippen LogP contribution in [0.1, 0.15) is 6.92 Å². The van der Waals surface area contributed by atoms with Crippen LogP contribution in [-0.2, 0) is 9.53 Å². The van der Waals surface area contributed by atoms with Crippen LogP contribution in [-0.4, -0.2) is 24.0 Å². The number of nitrogens with zero attached hydrogens (tertiary/aromatic N) is 2. The highest BCUT2D eigenvalue weighted by Gasteiger charge is 2.09. The average molecular weight is 114 g/mol. The Morgan fingerprint density at radius 3 is 3.00 bits per heavy atom. The van der Waals surface area contributed by atoms with Crippen molar-refractivity contribution in [1.29, 1.82) is 0 Å². The Hall–Kier alpha value is -1.06. The maximum absolute atomic E-state index is 10.4. The number of carbonyl (C=O) groups is 1. The summed E-state index contributed by atoms with van der Waals surface area (Å²) in [6, 6.07) is 0. The van der Waals surface area contributed by atoms with Crippen molar-refractivity contribution >= 4 is 12.3 Å². The third-order valence-corrected chi connectivity index (χ3v) is 0.821. The number of hydrogen-bond donors (Lipinski definition) is 0. The zero-order valence-corrected chi connectivity index (χ0v) is 4.50. The summed E-state index contributed by atoms with van der Waals surface area (Å²) in [4.78, 5) is 10.4. The van der Waals surface area contributed by atoms with Gasteiger partial charge in [-0.25, -0.2) is 0 Å². The van der Waals surface area contributed by atoms with Crippen LogP contribution in [0.2, 0.25) is 0 Å². The topological polar surface area (TPSA) is 41.9 Å². The van der Waals surface area contributed by atoms with Crippen LogP contribution in [0.5, 0.6) is 0 Å². The first-order chi connectivity index (χ1) is 3.80.